The molecule has 1 amide bonds. The van der Waals surface area contributed by atoms with Gasteiger partial charge in [-0.25, -0.2) is 0 Å². The number of hydrogen-bond acceptors (Lipinski definition) is 3. The van der Waals surface area contributed by atoms with Gasteiger partial charge < -0.3 is 10.0 Å². The molecule has 1 aliphatic rings. The molecule has 1 atom stereocenters. The molecule has 1 aliphatic heterocycles. The zero-order valence-electron chi connectivity index (χ0n) is 11.5. The number of carbonyl (C=O) groups excluding carboxylic acids is 1. The molecule has 1 saturated heterocycles. The van der Waals surface area contributed by atoms with Crippen LogP contribution in [0.4, 0.5) is 0 Å². The van der Waals surface area contributed by atoms with Crippen LogP contribution in [-0.2, 0) is 4.79 Å². The molecule has 108 valence electrons. The molecule has 0 radical (unpaired) electrons. The van der Waals surface area contributed by atoms with Crippen LogP contribution in [0, 0.1) is 5.92 Å². The van der Waals surface area contributed by atoms with Gasteiger partial charge in [-0.1, -0.05) is 12.1 Å². The average molecular weight is 284 g/mol. The number of aromatic nitrogens is 1. The number of carboxylic acid groups (broad SMARTS) is 1. The first-order valence-electron chi connectivity index (χ1n) is 7.01. The molecule has 5 nitrogen and oxygen atoms in total. The highest BCUT2D eigenvalue weighted by Crippen LogP contribution is 2.23. The van der Waals surface area contributed by atoms with Crippen molar-refractivity contribution >= 4 is 22.6 Å². The molecule has 1 N–H and O–H groups in total. The summed E-state index contributed by atoms with van der Waals surface area (Å²) in [6, 6.07) is 7.35. The van der Waals surface area contributed by atoms with E-state index >= 15 is 0 Å². The number of pyridine rings is 1. The van der Waals surface area contributed by atoms with Crippen molar-refractivity contribution < 1.29 is 14.7 Å². The van der Waals surface area contributed by atoms with Crippen LogP contribution in [0.25, 0.3) is 10.8 Å². The Balaban J connectivity index is 1.92. The lowest BCUT2D eigenvalue weighted by atomic mass is 9.97. The minimum Gasteiger partial charge on any atom is -0.481 e. The fraction of sp³-hybridized carbons (Fsp3) is 0.312. The van der Waals surface area contributed by atoms with Crippen LogP contribution in [0.5, 0.6) is 0 Å². The Morgan fingerprint density at radius 1 is 1.29 bits per heavy atom. The maximum absolute atomic E-state index is 12.7. The van der Waals surface area contributed by atoms with Gasteiger partial charge in [0.25, 0.3) is 5.91 Å². The largest absolute Gasteiger partial charge is 0.481 e. The number of hydrogen-bond donors (Lipinski definition) is 1. The van der Waals surface area contributed by atoms with Crippen molar-refractivity contribution in [2.75, 3.05) is 13.1 Å². The molecule has 2 aromatic rings. The van der Waals surface area contributed by atoms with Crippen molar-refractivity contribution in [2.24, 2.45) is 5.92 Å². The van der Waals surface area contributed by atoms with Gasteiger partial charge in [0.15, 0.2) is 0 Å². The van der Waals surface area contributed by atoms with Gasteiger partial charge in [-0.15, -0.1) is 0 Å². The third-order valence-electron chi connectivity index (χ3n) is 3.97. The molecule has 5 heteroatoms. The molecule has 1 unspecified atom stereocenters. The number of aliphatic carboxylic acids is 1. The second kappa shape index (κ2) is 5.52. The van der Waals surface area contributed by atoms with Crippen LogP contribution in [0.2, 0.25) is 0 Å². The molecule has 21 heavy (non-hydrogen) atoms. The topological polar surface area (TPSA) is 70.5 Å². The van der Waals surface area contributed by atoms with Crippen LogP contribution < -0.4 is 0 Å². The van der Waals surface area contributed by atoms with E-state index in [4.69, 9.17) is 5.11 Å². The smallest absolute Gasteiger partial charge is 0.308 e. The molecular formula is C16H16N2O3. The first-order chi connectivity index (χ1) is 10.2. The lowest BCUT2D eigenvalue weighted by Gasteiger charge is -2.31. The molecule has 1 aromatic heterocycles. The molecule has 3 rings (SSSR count). The molecule has 0 bridgehead atoms. The number of carboxylic acids is 1. The lowest BCUT2D eigenvalue weighted by molar-refractivity contribution is -0.143. The number of nitrogens with zero attached hydrogens (tertiary/aromatic N) is 2. The SMILES string of the molecule is O=C(O)C1CCCN(C(=O)c2cccc3cnccc23)C1. The molecular weight excluding hydrogens is 268 g/mol. The average Bonchev–Trinajstić information content (AvgIpc) is 2.53. The maximum atomic E-state index is 12.7. The Kier molecular flexibility index (Phi) is 3.56. The summed E-state index contributed by atoms with van der Waals surface area (Å²) < 4.78 is 0. The molecule has 0 aliphatic carbocycles. The van der Waals surface area contributed by atoms with E-state index in [2.05, 4.69) is 4.98 Å². The fourth-order valence-electron chi connectivity index (χ4n) is 2.84. The van der Waals surface area contributed by atoms with Gasteiger partial charge >= 0.3 is 5.97 Å². The van der Waals surface area contributed by atoms with Crippen LogP contribution in [0.15, 0.2) is 36.7 Å². The van der Waals surface area contributed by atoms with E-state index in [1.54, 1.807) is 23.4 Å². The molecule has 0 saturated carbocycles. The Hall–Kier alpha value is -2.43. The van der Waals surface area contributed by atoms with Crippen molar-refractivity contribution in [3.8, 4) is 0 Å². The molecule has 1 fully saturated rings. The van der Waals surface area contributed by atoms with E-state index in [1.807, 2.05) is 18.2 Å². The van der Waals surface area contributed by atoms with Gasteiger partial charge in [0, 0.05) is 36.4 Å². The third kappa shape index (κ3) is 2.59. The van der Waals surface area contributed by atoms with Crippen LogP contribution in [0.3, 0.4) is 0 Å². The molecule has 1 aromatic carbocycles. The zero-order valence-corrected chi connectivity index (χ0v) is 11.5. The quantitative estimate of drug-likeness (QED) is 0.917. The van der Waals surface area contributed by atoms with Gasteiger partial charge in [-0.2, -0.15) is 0 Å². The van der Waals surface area contributed by atoms with E-state index in [1.165, 1.54) is 0 Å². The van der Waals surface area contributed by atoms with Gasteiger partial charge in [0.1, 0.15) is 0 Å². The van der Waals surface area contributed by atoms with E-state index in [-0.39, 0.29) is 12.5 Å². The normalized spacial score (nSPS) is 18.7. The monoisotopic (exact) mass is 284 g/mol. The van der Waals surface area contributed by atoms with Crippen molar-refractivity contribution in [3.05, 3.63) is 42.2 Å². The Morgan fingerprint density at radius 3 is 2.95 bits per heavy atom. The van der Waals surface area contributed by atoms with E-state index in [9.17, 15) is 9.59 Å². The number of fused-ring (bicyclic) bond motifs is 1. The van der Waals surface area contributed by atoms with Gasteiger partial charge in [0.2, 0.25) is 0 Å². The second-order valence-electron chi connectivity index (χ2n) is 5.33. The number of rotatable bonds is 2. The summed E-state index contributed by atoms with van der Waals surface area (Å²) in [4.78, 5) is 29.5. The number of piperidine rings is 1. The number of carbonyl (C=O) groups is 2. The van der Waals surface area contributed by atoms with Crippen molar-refractivity contribution in [3.63, 3.8) is 0 Å². The van der Waals surface area contributed by atoms with Gasteiger partial charge in [-0.3, -0.25) is 14.6 Å². The van der Waals surface area contributed by atoms with Crippen molar-refractivity contribution in [2.45, 2.75) is 12.8 Å². The first kappa shape index (κ1) is 13.5. The summed E-state index contributed by atoms with van der Waals surface area (Å²) >= 11 is 0. The highest BCUT2D eigenvalue weighted by molar-refractivity contribution is 6.06. The maximum Gasteiger partial charge on any atom is 0.308 e. The number of benzene rings is 1. The van der Waals surface area contributed by atoms with Crippen LogP contribution >= 0.6 is 0 Å². The summed E-state index contributed by atoms with van der Waals surface area (Å²) in [6.45, 7) is 0.903. The van der Waals surface area contributed by atoms with Crippen molar-refractivity contribution in [1.82, 2.24) is 9.88 Å². The number of likely N-dealkylation sites (tertiary alicyclic amines) is 1. The van der Waals surface area contributed by atoms with E-state index in [0.29, 0.717) is 18.5 Å². The van der Waals surface area contributed by atoms with Gasteiger partial charge in [-0.05, 0) is 30.4 Å². The summed E-state index contributed by atoms with van der Waals surface area (Å²) in [5.74, 6) is -1.38. The summed E-state index contributed by atoms with van der Waals surface area (Å²) in [7, 11) is 0. The highest BCUT2D eigenvalue weighted by atomic mass is 16.4. The predicted octanol–water partition coefficient (Wildman–Crippen LogP) is 2.17. The van der Waals surface area contributed by atoms with E-state index in [0.717, 1.165) is 17.2 Å². The Bertz CT molecular complexity index is 693. The van der Waals surface area contributed by atoms with Crippen LogP contribution in [0.1, 0.15) is 23.2 Å². The summed E-state index contributed by atoms with van der Waals surface area (Å²) in [6.07, 6.45) is 4.76. The molecule has 2 heterocycles. The van der Waals surface area contributed by atoms with Crippen LogP contribution in [-0.4, -0.2) is 40.0 Å². The van der Waals surface area contributed by atoms with E-state index < -0.39 is 11.9 Å². The lowest BCUT2D eigenvalue weighted by Crippen LogP contribution is -2.42. The standard InChI is InChI=1S/C16H16N2O3/c19-15(18-8-2-4-12(10-18)16(20)21)14-5-1-3-11-9-17-7-6-13(11)14/h1,3,5-7,9,12H,2,4,8,10H2,(H,20,21). The minimum absolute atomic E-state index is 0.0993. The summed E-state index contributed by atoms with van der Waals surface area (Å²) in [5.41, 5.74) is 0.612. The predicted molar refractivity (Wildman–Crippen MR) is 78.0 cm³/mol. The second-order valence-corrected chi connectivity index (χ2v) is 5.33. The molecule has 0 spiro atoms. The van der Waals surface area contributed by atoms with Gasteiger partial charge in [0.05, 0.1) is 5.92 Å². The fourth-order valence-corrected chi connectivity index (χ4v) is 2.84. The Morgan fingerprint density at radius 2 is 2.14 bits per heavy atom. The minimum atomic E-state index is -0.824. The number of amides is 1. The zero-order chi connectivity index (χ0) is 14.8. The third-order valence-corrected chi connectivity index (χ3v) is 3.97. The summed E-state index contributed by atoms with van der Waals surface area (Å²) in [5, 5.41) is 10.9. The first-order valence-corrected chi connectivity index (χ1v) is 7.01. The Labute approximate surface area is 122 Å². The van der Waals surface area contributed by atoms with Crippen molar-refractivity contribution in [1.29, 1.82) is 0 Å². The highest BCUT2D eigenvalue weighted by Gasteiger charge is 2.29.